The summed E-state index contributed by atoms with van der Waals surface area (Å²) in [7, 11) is 1.36. The predicted octanol–water partition coefficient (Wildman–Crippen LogP) is 2.42. The first kappa shape index (κ1) is 16.5. The van der Waals surface area contributed by atoms with Crippen molar-refractivity contribution in [2.45, 2.75) is 51.4 Å². The van der Waals surface area contributed by atoms with E-state index in [1.54, 1.807) is 0 Å². The van der Waals surface area contributed by atoms with Crippen LogP contribution in [-0.2, 0) is 19.1 Å². The van der Waals surface area contributed by atoms with Crippen LogP contribution in [0.4, 0.5) is 0 Å². The summed E-state index contributed by atoms with van der Waals surface area (Å²) in [4.78, 5) is 34.7. The fourth-order valence-electron chi connectivity index (χ4n) is 2.99. The average Bonchev–Trinajstić information content (AvgIpc) is 2.51. The van der Waals surface area contributed by atoms with Gasteiger partial charge in [0.1, 0.15) is 0 Å². The van der Waals surface area contributed by atoms with Gasteiger partial charge >= 0.3 is 5.97 Å². The average molecular weight is 305 g/mol. The molecule has 1 saturated carbocycles. The molecule has 5 heteroatoms. The number of hydrogen-bond acceptors (Lipinski definition) is 4. The minimum Gasteiger partial charge on any atom is -0.469 e. The zero-order chi connectivity index (χ0) is 15.9. The van der Waals surface area contributed by atoms with Crippen molar-refractivity contribution in [1.29, 1.82) is 0 Å². The lowest BCUT2D eigenvalue weighted by molar-refractivity contribution is -0.140. The summed E-state index contributed by atoms with van der Waals surface area (Å²) >= 11 is 0. The molecule has 1 amide bonds. The summed E-state index contributed by atoms with van der Waals surface area (Å²) in [6.45, 7) is 0. The number of amides is 1. The molecule has 0 aliphatic heterocycles. The second kappa shape index (κ2) is 7.92. The number of methoxy groups -OCH3 is 1. The van der Waals surface area contributed by atoms with Crippen molar-refractivity contribution in [3.63, 3.8) is 0 Å². The van der Waals surface area contributed by atoms with Crippen LogP contribution < -0.4 is 5.32 Å². The normalized spacial score (nSPS) is 20.6. The van der Waals surface area contributed by atoms with Crippen molar-refractivity contribution >= 4 is 17.7 Å². The van der Waals surface area contributed by atoms with E-state index in [-0.39, 0.29) is 23.6 Å². The number of ketones is 1. The van der Waals surface area contributed by atoms with Crippen LogP contribution in [0.15, 0.2) is 23.4 Å². The van der Waals surface area contributed by atoms with E-state index < -0.39 is 0 Å². The first-order chi connectivity index (χ1) is 10.6. The van der Waals surface area contributed by atoms with Gasteiger partial charge in [0, 0.05) is 25.0 Å². The van der Waals surface area contributed by atoms with Gasteiger partial charge in [0.15, 0.2) is 5.78 Å². The SMILES string of the molecule is COC(=O)CCCCC(=O)NC1=CC=C2C(=O)CCCC2C1. The summed E-state index contributed by atoms with van der Waals surface area (Å²) in [6, 6.07) is 0. The van der Waals surface area contributed by atoms with Gasteiger partial charge in [0.05, 0.1) is 7.11 Å². The number of hydrogen-bond donors (Lipinski definition) is 1. The Balaban J connectivity index is 1.75. The molecule has 0 bridgehead atoms. The van der Waals surface area contributed by atoms with Gasteiger partial charge in [-0.25, -0.2) is 0 Å². The molecule has 0 aromatic rings. The van der Waals surface area contributed by atoms with Crippen LogP contribution in [0.25, 0.3) is 0 Å². The molecule has 0 saturated heterocycles. The quantitative estimate of drug-likeness (QED) is 0.604. The zero-order valence-electron chi connectivity index (χ0n) is 13.0. The maximum atomic E-state index is 11.9. The molecule has 0 spiro atoms. The molecule has 1 atom stereocenters. The highest BCUT2D eigenvalue weighted by molar-refractivity contribution is 5.97. The van der Waals surface area contributed by atoms with Crippen LogP contribution in [-0.4, -0.2) is 24.8 Å². The van der Waals surface area contributed by atoms with Crippen molar-refractivity contribution < 1.29 is 19.1 Å². The highest BCUT2D eigenvalue weighted by Gasteiger charge is 2.28. The lowest BCUT2D eigenvalue weighted by Gasteiger charge is -2.28. The minimum absolute atomic E-state index is 0.0323. The van der Waals surface area contributed by atoms with E-state index >= 15 is 0 Å². The highest BCUT2D eigenvalue weighted by atomic mass is 16.5. The van der Waals surface area contributed by atoms with Gasteiger partial charge in [0.25, 0.3) is 0 Å². The third-order valence-corrected chi connectivity index (χ3v) is 4.21. The Morgan fingerprint density at radius 1 is 1.27 bits per heavy atom. The van der Waals surface area contributed by atoms with Crippen LogP contribution in [0.1, 0.15) is 51.4 Å². The summed E-state index contributed by atoms with van der Waals surface area (Å²) in [5, 5.41) is 2.92. The third-order valence-electron chi connectivity index (χ3n) is 4.21. The number of Topliss-reactive ketones (excluding diaryl/α,β-unsaturated/α-hetero) is 1. The number of rotatable bonds is 6. The number of allylic oxidation sites excluding steroid dienone is 4. The second-order valence-corrected chi connectivity index (χ2v) is 5.86. The Bertz CT molecular complexity index is 519. The molecule has 0 radical (unpaired) electrons. The Hall–Kier alpha value is -1.91. The van der Waals surface area contributed by atoms with Gasteiger partial charge in [-0.15, -0.1) is 0 Å². The van der Waals surface area contributed by atoms with Gasteiger partial charge in [0.2, 0.25) is 5.91 Å². The van der Waals surface area contributed by atoms with E-state index in [1.165, 1.54) is 7.11 Å². The first-order valence-corrected chi connectivity index (χ1v) is 7.90. The lowest BCUT2D eigenvalue weighted by Crippen LogP contribution is -2.28. The number of carbonyl (C=O) groups is 3. The van der Waals surface area contributed by atoms with E-state index in [0.29, 0.717) is 32.1 Å². The molecule has 2 rings (SSSR count). The Kier molecular flexibility index (Phi) is 5.92. The smallest absolute Gasteiger partial charge is 0.305 e. The largest absolute Gasteiger partial charge is 0.469 e. The summed E-state index contributed by atoms with van der Waals surface area (Å²) in [6.07, 6.45) is 9.13. The molecule has 0 aromatic carbocycles. The molecule has 0 aromatic heterocycles. The molecule has 1 fully saturated rings. The molecule has 0 heterocycles. The molecule has 1 unspecified atom stereocenters. The molecule has 2 aliphatic rings. The summed E-state index contributed by atoms with van der Waals surface area (Å²) in [5.74, 6) is 0.242. The van der Waals surface area contributed by atoms with Gasteiger partial charge in [-0.1, -0.05) is 6.08 Å². The van der Waals surface area contributed by atoms with Crippen molar-refractivity contribution in [3.05, 3.63) is 23.4 Å². The maximum absolute atomic E-state index is 11.9. The van der Waals surface area contributed by atoms with E-state index in [1.807, 2.05) is 12.2 Å². The number of esters is 1. The Labute approximate surface area is 130 Å². The number of ether oxygens (including phenoxy) is 1. The zero-order valence-corrected chi connectivity index (χ0v) is 13.0. The molecule has 22 heavy (non-hydrogen) atoms. The number of nitrogens with one attached hydrogen (secondary N) is 1. The van der Waals surface area contributed by atoms with Crippen LogP contribution >= 0.6 is 0 Å². The lowest BCUT2D eigenvalue weighted by atomic mass is 9.78. The van der Waals surface area contributed by atoms with Gasteiger partial charge in [-0.3, -0.25) is 14.4 Å². The fourth-order valence-corrected chi connectivity index (χ4v) is 2.99. The highest BCUT2D eigenvalue weighted by Crippen LogP contribution is 2.34. The number of unbranched alkanes of at least 4 members (excludes halogenated alkanes) is 1. The van der Waals surface area contributed by atoms with Crippen LogP contribution in [0, 0.1) is 5.92 Å². The second-order valence-electron chi connectivity index (χ2n) is 5.86. The van der Waals surface area contributed by atoms with Gasteiger partial charge in [-0.05, 0) is 49.7 Å². The standard InChI is InChI=1S/C17H23NO4/c1-22-17(21)8-3-2-7-16(20)18-13-9-10-14-12(11-13)5-4-6-15(14)19/h9-10,12H,2-8,11H2,1H3,(H,18,20). The van der Waals surface area contributed by atoms with E-state index in [0.717, 1.165) is 30.5 Å². The summed E-state index contributed by atoms with van der Waals surface area (Å²) in [5.41, 5.74) is 1.81. The molecule has 2 aliphatic carbocycles. The van der Waals surface area contributed by atoms with Crippen LogP contribution in [0.3, 0.4) is 0 Å². The topological polar surface area (TPSA) is 72.5 Å². The van der Waals surface area contributed by atoms with E-state index in [9.17, 15) is 14.4 Å². The van der Waals surface area contributed by atoms with Gasteiger partial charge in [-0.2, -0.15) is 0 Å². The number of carbonyl (C=O) groups excluding carboxylic acids is 3. The van der Waals surface area contributed by atoms with Gasteiger partial charge < -0.3 is 10.1 Å². The summed E-state index contributed by atoms with van der Waals surface area (Å²) < 4.78 is 4.56. The van der Waals surface area contributed by atoms with Crippen molar-refractivity contribution in [2.24, 2.45) is 5.92 Å². The molecular weight excluding hydrogens is 282 g/mol. The Morgan fingerprint density at radius 2 is 2.05 bits per heavy atom. The van der Waals surface area contributed by atoms with Crippen LogP contribution in [0.5, 0.6) is 0 Å². The molecular formula is C17H23NO4. The van der Waals surface area contributed by atoms with Crippen molar-refractivity contribution in [1.82, 2.24) is 5.32 Å². The number of fused-ring (bicyclic) bond motifs is 1. The molecule has 5 nitrogen and oxygen atoms in total. The molecule has 1 N–H and O–H groups in total. The minimum atomic E-state index is -0.241. The maximum Gasteiger partial charge on any atom is 0.305 e. The third kappa shape index (κ3) is 4.55. The fraction of sp³-hybridized carbons (Fsp3) is 0.588. The van der Waals surface area contributed by atoms with E-state index in [2.05, 4.69) is 10.1 Å². The monoisotopic (exact) mass is 305 g/mol. The first-order valence-electron chi connectivity index (χ1n) is 7.90. The van der Waals surface area contributed by atoms with Crippen molar-refractivity contribution in [3.8, 4) is 0 Å². The predicted molar refractivity (Wildman–Crippen MR) is 81.8 cm³/mol. The molecule has 120 valence electrons. The van der Waals surface area contributed by atoms with E-state index in [4.69, 9.17) is 0 Å². The van der Waals surface area contributed by atoms with Crippen molar-refractivity contribution in [2.75, 3.05) is 7.11 Å². The Morgan fingerprint density at radius 3 is 2.82 bits per heavy atom. The van der Waals surface area contributed by atoms with Crippen LogP contribution in [0.2, 0.25) is 0 Å².